The van der Waals surface area contributed by atoms with Gasteiger partial charge in [-0.1, -0.05) is 42.5 Å². The van der Waals surface area contributed by atoms with Gasteiger partial charge in [0.2, 0.25) is 17.7 Å². The highest BCUT2D eigenvalue weighted by atomic mass is 16.7. The Morgan fingerprint density at radius 3 is 1.81 bits per heavy atom. The number of nitrogens with one attached hydrogen (secondary N) is 4. The van der Waals surface area contributed by atoms with Crippen molar-refractivity contribution in [2.75, 3.05) is 13.7 Å². The molecule has 48 heavy (non-hydrogen) atoms. The SMILES string of the molecule is COC(=O)[C@H](Cc1ccccc1)NC(=O)CNC(=O)[C@H](C)NC(=O)[C@@H](Cc1ccc(OC(=O)OC(C)(C)C)cc1)NC(=O)OC(C)(C)C. The molecule has 3 atom stereocenters. The summed E-state index contributed by atoms with van der Waals surface area (Å²) in [6.07, 6.45) is -1.55. The van der Waals surface area contributed by atoms with Crippen LogP contribution in [0.1, 0.15) is 59.6 Å². The molecule has 14 heteroatoms. The van der Waals surface area contributed by atoms with E-state index in [1.165, 1.54) is 26.2 Å². The van der Waals surface area contributed by atoms with Crippen LogP contribution in [0, 0.1) is 0 Å². The first kappa shape index (κ1) is 39.0. The van der Waals surface area contributed by atoms with Gasteiger partial charge in [-0.05, 0) is 71.7 Å². The number of hydrogen-bond donors (Lipinski definition) is 4. The maximum atomic E-state index is 13.3. The Morgan fingerprint density at radius 2 is 1.25 bits per heavy atom. The molecule has 0 aliphatic heterocycles. The number of hydrogen-bond acceptors (Lipinski definition) is 10. The Morgan fingerprint density at radius 1 is 0.688 bits per heavy atom. The lowest BCUT2D eigenvalue weighted by Crippen LogP contribution is -2.55. The first-order valence-corrected chi connectivity index (χ1v) is 15.3. The van der Waals surface area contributed by atoms with Crippen LogP contribution >= 0.6 is 0 Å². The van der Waals surface area contributed by atoms with Crippen LogP contribution in [0.3, 0.4) is 0 Å². The van der Waals surface area contributed by atoms with Crippen molar-refractivity contribution in [3.05, 3.63) is 65.7 Å². The van der Waals surface area contributed by atoms with Gasteiger partial charge < -0.3 is 40.2 Å². The first-order chi connectivity index (χ1) is 22.3. The van der Waals surface area contributed by atoms with E-state index in [-0.39, 0.29) is 18.6 Å². The fourth-order valence-corrected chi connectivity index (χ4v) is 4.09. The van der Waals surface area contributed by atoms with Gasteiger partial charge in [0.1, 0.15) is 35.1 Å². The molecule has 2 rings (SSSR count). The van der Waals surface area contributed by atoms with E-state index in [0.717, 1.165) is 5.56 Å². The molecule has 2 aromatic carbocycles. The number of methoxy groups -OCH3 is 1. The zero-order valence-corrected chi connectivity index (χ0v) is 28.6. The van der Waals surface area contributed by atoms with Gasteiger partial charge in [-0.2, -0.15) is 0 Å². The van der Waals surface area contributed by atoms with E-state index >= 15 is 0 Å². The minimum absolute atomic E-state index is 0.00906. The number of carbonyl (C=O) groups excluding carboxylic acids is 6. The summed E-state index contributed by atoms with van der Waals surface area (Å²) in [7, 11) is 1.21. The van der Waals surface area contributed by atoms with E-state index < -0.39 is 71.8 Å². The van der Waals surface area contributed by atoms with E-state index in [1.807, 2.05) is 6.07 Å². The molecule has 4 amide bonds. The fourth-order valence-electron chi connectivity index (χ4n) is 4.09. The largest absolute Gasteiger partial charge is 0.514 e. The van der Waals surface area contributed by atoms with Gasteiger partial charge in [0.25, 0.3) is 0 Å². The Bertz CT molecular complexity index is 1420. The van der Waals surface area contributed by atoms with Crippen LogP contribution in [-0.2, 0) is 46.2 Å². The topological polar surface area (TPSA) is 187 Å². The molecule has 0 radical (unpaired) electrons. The Hall–Kier alpha value is -5.14. The highest BCUT2D eigenvalue weighted by Crippen LogP contribution is 2.17. The maximum absolute atomic E-state index is 13.3. The molecular weight excluding hydrogens is 624 g/mol. The molecule has 0 spiro atoms. The van der Waals surface area contributed by atoms with Crippen LogP contribution in [0.15, 0.2) is 54.6 Å². The smallest absolute Gasteiger partial charge is 0.467 e. The van der Waals surface area contributed by atoms with Crippen LogP contribution < -0.4 is 26.0 Å². The fraction of sp³-hybridized carbons (Fsp3) is 0.471. The van der Waals surface area contributed by atoms with Crippen LogP contribution in [0.2, 0.25) is 0 Å². The van der Waals surface area contributed by atoms with Crippen molar-refractivity contribution in [2.24, 2.45) is 0 Å². The Balaban J connectivity index is 2.03. The third kappa shape index (κ3) is 15.0. The maximum Gasteiger partial charge on any atom is 0.514 e. The summed E-state index contributed by atoms with van der Waals surface area (Å²) in [5.41, 5.74) is -0.185. The third-order valence-electron chi connectivity index (χ3n) is 6.24. The monoisotopic (exact) mass is 670 g/mol. The molecule has 4 N–H and O–H groups in total. The van der Waals surface area contributed by atoms with Gasteiger partial charge in [0.05, 0.1) is 13.7 Å². The van der Waals surface area contributed by atoms with Gasteiger partial charge in [0.15, 0.2) is 0 Å². The lowest BCUT2D eigenvalue weighted by molar-refractivity contribution is -0.145. The second-order valence-electron chi connectivity index (χ2n) is 12.9. The van der Waals surface area contributed by atoms with Gasteiger partial charge in [-0.25, -0.2) is 14.4 Å². The van der Waals surface area contributed by atoms with E-state index in [2.05, 4.69) is 21.3 Å². The van der Waals surface area contributed by atoms with E-state index in [1.54, 1.807) is 77.9 Å². The van der Waals surface area contributed by atoms with Crippen molar-refractivity contribution in [1.82, 2.24) is 21.3 Å². The molecule has 0 fully saturated rings. The molecule has 14 nitrogen and oxygen atoms in total. The second-order valence-corrected chi connectivity index (χ2v) is 12.9. The summed E-state index contributed by atoms with van der Waals surface area (Å²) in [6, 6.07) is 12.0. The molecule has 0 heterocycles. The van der Waals surface area contributed by atoms with E-state index in [0.29, 0.717) is 5.56 Å². The number of amides is 4. The van der Waals surface area contributed by atoms with Crippen LogP contribution in [0.4, 0.5) is 9.59 Å². The zero-order valence-electron chi connectivity index (χ0n) is 28.6. The van der Waals surface area contributed by atoms with Crippen LogP contribution in [0.25, 0.3) is 0 Å². The van der Waals surface area contributed by atoms with Gasteiger partial charge in [-0.3, -0.25) is 14.4 Å². The molecule has 0 saturated carbocycles. The molecule has 0 aliphatic carbocycles. The van der Waals surface area contributed by atoms with Crippen molar-refractivity contribution in [3.8, 4) is 5.75 Å². The predicted molar refractivity (Wildman–Crippen MR) is 175 cm³/mol. The molecule has 2 aromatic rings. The summed E-state index contributed by atoms with van der Waals surface area (Å²) in [6.45, 7) is 11.1. The minimum Gasteiger partial charge on any atom is -0.467 e. The summed E-state index contributed by atoms with van der Waals surface area (Å²) in [5.74, 6) is -2.46. The van der Waals surface area contributed by atoms with E-state index in [4.69, 9.17) is 18.9 Å². The Kier molecular flexibility index (Phi) is 14.4. The molecule has 262 valence electrons. The molecular formula is C34H46N4O10. The van der Waals surface area contributed by atoms with Gasteiger partial charge >= 0.3 is 18.2 Å². The number of esters is 1. The number of carbonyl (C=O) groups is 6. The van der Waals surface area contributed by atoms with Crippen molar-refractivity contribution >= 4 is 35.9 Å². The van der Waals surface area contributed by atoms with Gasteiger partial charge in [-0.15, -0.1) is 0 Å². The second kappa shape index (κ2) is 17.7. The van der Waals surface area contributed by atoms with Crippen LogP contribution in [0.5, 0.6) is 5.75 Å². The molecule has 0 aliphatic rings. The number of ether oxygens (including phenoxy) is 4. The number of rotatable bonds is 13. The minimum atomic E-state index is -1.17. The van der Waals surface area contributed by atoms with Crippen molar-refractivity contribution in [1.29, 1.82) is 0 Å². The standard InChI is InChI=1S/C34H46N4O10/c1-21(28(40)35-20-27(39)37-26(30(42)45-8)19-22-12-10-9-11-13-22)36-29(41)25(38-31(43)47-33(2,3)4)18-23-14-16-24(17-15-23)46-32(44)48-34(5,6)7/h9-17,21,25-26H,18-20H2,1-8H3,(H,35,40)(H,36,41)(H,37,39)(H,38,43)/t21-,25+,26-/m0/s1. The average molecular weight is 671 g/mol. The third-order valence-corrected chi connectivity index (χ3v) is 6.24. The summed E-state index contributed by atoms with van der Waals surface area (Å²) in [5, 5.41) is 10.0. The lowest BCUT2D eigenvalue weighted by Gasteiger charge is -2.24. The average Bonchev–Trinajstić information content (AvgIpc) is 2.98. The van der Waals surface area contributed by atoms with E-state index in [9.17, 15) is 28.8 Å². The first-order valence-electron chi connectivity index (χ1n) is 15.3. The highest BCUT2D eigenvalue weighted by molar-refractivity contribution is 5.93. The number of benzene rings is 2. The predicted octanol–water partition coefficient (Wildman–Crippen LogP) is 2.96. The van der Waals surface area contributed by atoms with Crippen molar-refractivity contribution < 1.29 is 47.7 Å². The summed E-state index contributed by atoms with van der Waals surface area (Å²) in [4.78, 5) is 75.5. The molecule has 0 aromatic heterocycles. The normalized spacial score (nSPS) is 13.1. The lowest BCUT2D eigenvalue weighted by atomic mass is 10.0. The van der Waals surface area contributed by atoms with Crippen molar-refractivity contribution in [2.45, 2.75) is 90.6 Å². The molecule has 0 unspecified atom stereocenters. The zero-order chi connectivity index (χ0) is 36.1. The van der Waals surface area contributed by atoms with Gasteiger partial charge in [0, 0.05) is 12.8 Å². The molecule has 0 bridgehead atoms. The quantitative estimate of drug-likeness (QED) is 0.140. The Labute approximate surface area is 280 Å². The summed E-state index contributed by atoms with van der Waals surface area (Å²) >= 11 is 0. The highest BCUT2D eigenvalue weighted by Gasteiger charge is 2.28. The van der Waals surface area contributed by atoms with Crippen LogP contribution in [-0.4, -0.2) is 78.9 Å². The molecule has 0 saturated heterocycles. The summed E-state index contributed by atoms with van der Waals surface area (Å²) < 4.78 is 20.4. The van der Waals surface area contributed by atoms with Crippen molar-refractivity contribution in [3.63, 3.8) is 0 Å². The number of alkyl carbamates (subject to hydrolysis) is 1.